The summed E-state index contributed by atoms with van der Waals surface area (Å²) >= 11 is 1.29. The van der Waals surface area contributed by atoms with Gasteiger partial charge in [-0.05, 0) is 0 Å². The second-order valence-corrected chi connectivity index (χ2v) is 3.22. The van der Waals surface area contributed by atoms with E-state index in [4.69, 9.17) is 0 Å². The van der Waals surface area contributed by atoms with Crippen molar-refractivity contribution in [1.29, 1.82) is 0 Å². The molecule has 0 rings (SSSR count). The first-order valence-corrected chi connectivity index (χ1v) is 4.30. The molecule has 1 atom stereocenters. The summed E-state index contributed by atoms with van der Waals surface area (Å²) in [4.78, 5) is 0. The van der Waals surface area contributed by atoms with E-state index in [0.29, 0.717) is 6.42 Å². The van der Waals surface area contributed by atoms with Crippen LogP contribution in [0.25, 0.3) is 0 Å². The fraction of sp³-hybridized carbons (Fsp3) is 0.571. The third kappa shape index (κ3) is 4.66. The van der Waals surface area contributed by atoms with Crippen LogP contribution in [0.2, 0.25) is 0 Å². The first kappa shape index (κ1) is 9.17. The van der Waals surface area contributed by atoms with Crippen LogP contribution in [0, 0.1) is 4.20 Å². The van der Waals surface area contributed by atoms with E-state index in [1.807, 2.05) is 13.0 Å². The molecule has 0 aliphatic heterocycles. The predicted octanol–water partition coefficient (Wildman–Crippen LogP) is 1.21. The Morgan fingerprint density at radius 1 is 1.78 bits per heavy atom. The Balaban J connectivity index is 3.89. The van der Waals surface area contributed by atoms with E-state index in [1.54, 1.807) is 13.0 Å². The molecule has 0 saturated heterocycles. The van der Waals surface area contributed by atoms with Gasteiger partial charge >= 0.3 is 66.5 Å². The summed E-state index contributed by atoms with van der Waals surface area (Å²) in [5.41, 5.74) is -0.670. The van der Waals surface area contributed by atoms with Gasteiger partial charge in [-0.1, -0.05) is 0 Å². The summed E-state index contributed by atoms with van der Waals surface area (Å²) in [7, 11) is 0. The third-order valence-corrected chi connectivity index (χ3v) is 1.47. The van der Waals surface area contributed by atoms with E-state index >= 15 is 0 Å². The summed E-state index contributed by atoms with van der Waals surface area (Å²) in [6, 6.07) is 0. The van der Waals surface area contributed by atoms with Crippen LogP contribution in [0.3, 0.4) is 0 Å². The van der Waals surface area contributed by atoms with Crippen molar-refractivity contribution in [3.63, 3.8) is 0 Å². The van der Waals surface area contributed by atoms with Crippen molar-refractivity contribution in [2.45, 2.75) is 25.9 Å². The van der Waals surface area contributed by atoms with Gasteiger partial charge in [0.05, 0.1) is 0 Å². The summed E-state index contributed by atoms with van der Waals surface area (Å²) < 4.78 is 2.97. The Labute approximate surface area is 66.8 Å². The average molecular weight is 295 g/mol. The Morgan fingerprint density at radius 3 is 2.67 bits per heavy atom. The second kappa shape index (κ2) is 4.06. The molecule has 0 spiro atoms. The summed E-state index contributed by atoms with van der Waals surface area (Å²) in [5, 5.41) is 9.38. The molecule has 9 heavy (non-hydrogen) atoms. The molecule has 2 heteroatoms. The molecule has 0 saturated carbocycles. The zero-order valence-electron chi connectivity index (χ0n) is 5.72. The van der Waals surface area contributed by atoms with Gasteiger partial charge in [-0.2, -0.15) is 0 Å². The van der Waals surface area contributed by atoms with Gasteiger partial charge in [-0.3, -0.25) is 0 Å². The van der Waals surface area contributed by atoms with Crippen molar-refractivity contribution in [3.8, 4) is 4.20 Å². The predicted molar refractivity (Wildman–Crippen MR) is 33.9 cm³/mol. The van der Waals surface area contributed by atoms with E-state index in [2.05, 4.69) is 4.20 Å². The quantitative estimate of drug-likeness (QED) is 0.759. The molecule has 0 aromatic heterocycles. The molecule has 0 amide bonds. The van der Waals surface area contributed by atoms with Crippen molar-refractivity contribution in [2.24, 2.45) is 0 Å². The number of rotatable bonds is 2. The standard InChI is InChI=1S/C7H11O.W/c1-4-6-7(3,8)5-2;/h4,6,8H,5H2,1,3H3;/q;+1/b6-4+;. The molecule has 50 valence electrons. The fourth-order valence-corrected chi connectivity index (χ4v) is 1.61. The van der Waals surface area contributed by atoms with Crippen LogP contribution in [0.15, 0.2) is 12.2 Å². The molecule has 1 N–H and O–H groups in total. The molecule has 1 unspecified atom stereocenters. The van der Waals surface area contributed by atoms with Crippen molar-refractivity contribution < 1.29 is 24.3 Å². The second-order valence-electron chi connectivity index (χ2n) is 2.18. The average Bonchev–Trinajstić information content (AvgIpc) is 1.64. The Hall–Kier alpha value is 0.168. The Kier molecular flexibility index (Phi) is 4.14. The van der Waals surface area contributed by atoms with Crippen LogP contribution < -0.4 is 0 Å². The molecule has 0 aromatic carbocycles. The molecule has 0 radical (unpaired) electrons. The molecule has 0 aliphatic rings. The number of aliphatic hydroxyl groups is 1. The van der Waals surface area contributed by atoms with E-state index < -0.39 is 5.60 Å². The van der Waals surface area contributed by atoms with Gasteiger partial charge in [-0.25, -0.2) is 0 Å². The first-order valence-electron chi connectivity index (χ1n) is 2.83. The summed E-state index contributed by atoms with van der Waals surface area (Å²) in [5.74, 6) is 0. The molecule has 0 heterocycles. The Morgan fingerprint density at radius 2 is 2.33 bits per heavy atom. The summed E-state index contributed by atoms with van der Waals surface area (Å²) in [6.07, 6.45) is 4.27. The van der Waals surface area contributed by atoms with Gasteiger partial charge in [0.25, 0.3) is 0 Å². The van der Waals surface area contributed by atoms with Crippen LogP contribution in [-0.2, 0) is 19.2 Å². The van der Waals surface area contributed by atoms with Crippen molar-refractivity contribution in [2.75, 3.05) is 0 Å². The van der Waals surface area contributed by atoms with Crippen molar-refractivity contribution >= 4 is 0 Å². The third-order valence-electron chi connectivity index (χ3n) is 0.956. The Bertz CT molecular complexity index is 141. The molecular formula is C7H11OW+. The molecule has 0 fully saturated rings. The van der Waals surface area contributed by atoms with Gasteiger partial charge in [0.2, 0.25) is 0 Å². The van der Waals surface area contributed by atoms with Crippen LogP contribution in [0.4, 0.5) is 0 Å². The van der Waals surface area contributed by atoms with E-state index in [-0.39, 0.29) is 0 Å². The maximum atomic E-state index is 9.38. The minimum absolute atomic E-state index is 0.632. The van der Waals surface area contributed by atoms with E-state index in [0.717, 1.165) is 0 Å². The minimum atomic E-state index is -0.670. The van der Waals surface area contributed by atoms with Crippen LogP contribution in [0.1, 0.15) is 20.3 Å². The van der Waals surface area contributed by atoms with Crippen molar-refractivity contribution in [3.05, 3.63) is 12.2 Å². The molecule has 0 aliphatic carbocycles. The van der Waals surface area contributed by atoms with Crippen LogP contribution in [0.5, 0.6) is 0 Å². The normalized spacial score (nSPS) is 17.1. The van der Waals surface area contributed by atoms with E-state index in [1.165, 1.54) is 19.2 Å². The molecular weight excluding hydrogens is 284 g/mol. The first-order chi connectivity index (χ1) is 4.12. The fourth-order valence-electron chi connectivity index (χ4n) is 0.564. The maximum absolute atomic E-state index is 9.38. The number of hydrogen-bond acceptors (Lipinski definition) is 1. The van der Waals surface area contributed by atoms with Gasteiger partial charge in [-0.15, -0.1) is 0 Å². The van der Waals surface area contributed by atoms with Gasteiger partial charge in [0.15, 0.2) is 0 Å². The zero-order chi connectivity index (χ0) is 7.33. The zero-order valence-corrected chi connectivity index (χ0v) is 8.65. The van der Waals surface area contributed by atoms with Crippen LogP contribution >= 0.6 is 0 Å². The SMILES string of the molecule is C/C=C/C(C)(O)C[C]#[W+]. The molecule has 1 nitrogen and oxygen atoms in total. The number of allylic oxidation sites excluding steroid dienone is 1. The molecule has 0 aromatic rings. The number of hydrogen-bond donors (Lipinski definition) is 1. The van der Waals surface area contributed by atoms with Gasteiger partial charge in [0.1, 0.15) is 0 Å². The van der Waals surface area contributed by atoms with E-state index in [9.17, 15) is 5.11 Å². The van der Waals surface area contributed by atoms with Gasteiger partial charge in [0, 0.05) is 0 Å². The van der Waals surface area contributed by atoms with Crippen molar-refractivity contribution in [1.82, 2.24) is 0 Å². The topological polar surface area (TPSA) is 20.2 Å². The monoisotopic (exact) mass is 295 g/mol. The van der Waals surface area contributed by atoms with Gasteiger partial charge < -0.3 is 0 Å². The summed E-state index contributed by atoms with van der Waals surface area (Å²) in [6.45, 7) is 3.68. The van der Waals surface area contributed by atoms with Crippen LogP contribution in [-0.4, -0.2) is 10.7 Å². The molecule has 0 bridgehead atoms.